The topological polar surface area (TPSA) is 109 Å². The van der Waals surface area contributed by atoms with Crippen molar-refractivity contribution in [2.24, 2.45) is 0 Å². The van der Waals surface area contributed by atoms with Crippen molar-refractivity contribution in [2.75, 3.05) is 11.3 Å². The summed E-state index contributed by atoms with van der Waals surface area (Å²) in [4.78, 5) is 25.2. The summed E-state index contributed by atoms with van der Waals surface area (Å²) >= 11 is 0. The molecule has 178 valence electrons. The minimum Gasteiger partial charge on any atom is -0.353 e. The zero-order valence-corrected chi connectivity index (χ0v) is 19.6. The number of nitrogens with one attached hydrogen (secondary N) is 3. The van der Waals surface area contributed by atoms with E-state index in [1.54, 1.807) is 48.5 Å². The highest BCUT2D eigenvalue weighted by Crippen LogP contribution is 2.31. The second-order valence-corrected chi connectivity index (χ2v) is 10.9. The Morgan fingerprint density at radius 2 is 1.82 bits per heavy atom. The molecule has 0 spiro atoms. The van der Waals surface area contributed by atoms with E-state index in [0.717, 1.165) is 36.6 Å². The monoisotopic (exact) mass is 480 g/mol. The molecule has 2 aromatic carbocycles. The van der Waals surface area contributed by atoms with Crippen LogP contribution in [0.5, 0.6) is 0 Å². The van der Waals surface area contributed by atoms with Gasteiger partial charge < -0.3 is 15.2 Å². The molecule has 1 aliphatic heterocycles. The van der Waals surface area contributed by atoms with E-state index in [1.807, 2.05) is 10.6 Å². The number of benzene rings is 2. The van der Waals surface area contributed by atoms with Crippen molar-refractivity contribution in [3.05, 3.63) is 65.9 Å². The molecule has 0 radical (unpaired) electrons. The Morgan fingerprint density at radius 1 is 1.06 bits per heavy atom. The summed E-state index contributed by atoms with van der Waals surface area (Å²) in [7, 11) is -3.60. The molecular weight excluding hydrogens is 452 g/mol. The van der Waals surface area contributed by atoms with Gasteiger partial charge in [0.1, 0.15) is 5.69 Å². The number of amides is 2. The number of sulfonamides is 1. The van der Waals surface area contributed by atoms with Gasteiger partial charge in [0.15, 0.2) is 0 Å². The Labute approximate surface area is 198 Å². The predicted molar refractivity (Wildman–Crippen MR) is 131 cm³/mol. The first-order valence-electron chi connectivity index (χ1n) is 11.6. The van der Waals surface area contributed by atoms with Crippen LogP contribution in [-0.4, -0.2) is 37.4 Å². The molecule has 1 saturated carbocycles. The number of aromatic nitrogens is 1. The summed E-state index contributed by atoms with van der Waals surface area (Å²) in [6.07, 6.45) is 4.61. The van der Waals surface area contributed by atoms with Gasteiger partial charge in [-0.1, -0.05) is 43.2 Å². The zero-order valence-electron chi connectivity index (χ0n) is 18.8. The van der Waals surface area contributed by atoms with Crippen molar-refractivity contribution in [2.45, 2.75) is 49.9 Å². The third kappa shape index (κ3) is 4.79. The lowest BCUT2D eigenvalue weighted by molar-refractivity contribution is -0.122. The van der Waals surface area contributed by atoms with Crippen LogP contribution in [0.1, 0.15) is 54.2 Å². The maximum absolute atomic E-state index is 12.7. The normalized spacial score (nSPS) is 18.5. The standard InChI is InChI=1S/C25H28N4O4S/c30-24(27-19-8-4-5-9-19)14-21-15-26-25(31)23-13-18-12-20(10-11-22(18)29(21)23)28-34(32,33)16-17-6-2-1-3-7-17/h1-3,6-7,10-13,19,21,28H,4-5,8-9,14-16H2,(H,26,31)(H,27,30). The number of hydrogen-bond acceptors (Lipinski definition) is 4. The quantitative estimate of drug-likeness (QED) is 0.482. The Hall–Kier alpha value is -3.33. The van der Waals surface area contributed by atoms with Gasteiger partial charge in [0.05, 0.1) is 11.8 Å². The van der Waals surface area contributed by atoms with Crippen molar-refractivity contribution in [1.29, 1.82) is 0 Å². The van der Waals surface area contributed by atoms with Crippen molar-refractivity contribution >= 4 is 38.4 Å². The fraction of sp³-hybridized carbons (Fsp3) is 0.360. The van der Waals surface area contributed by atoms with Crippen LogP contribution in [-0.2, 0) is 20.6 Å². The van der Waals surface area contributed by atoms with E-state index in [1.165, 1.54) is 0 Å². The van der Waals surface area contributed by atoms with Gasteiger partial charge >= 0.3 is 0 Å². The first-order valence-corrected chi connectivity index (χ1v) is 13.3. The van der Waals surface area contributed by atoms with Crippen LogP contribution in [0.25, 0.3) is 10.9 Å². The molecule has 2 amide bonds. The lowest BCUT2D eigenvalue weighted by Gasteiger charge is -2.27. The third-order valence-corrected chi connectivity index (χ3v) is 7.81. The van der Waals surface area contributed by atoms with Gasteiger partial charge in [-0.25, -0.2) is 8.42 Å². The molecule has 2 aliphatic rings. The van der Waals surface area contributed by atoms with Crippen LogP contribution in [0.2, 0.25) is 0 Å². The summed E-state index contributed by atoms with van der Waals surface area (Å²) in [6, 6.07) is 16.0. The minimum absolute atomic E-state index is 0.00820. The van der Waals surface area contributed by atoms with E-state index in [9.17, 15) is 18.0 Å². The molecule has 3 aromatic rings. The van der Waals surface area contributed by atoms with E-state index in [0.29, 0.717) is 23.5 Å². The van der Waals surface area contributed by atoms with Crippen molar-refractivity contribution in [3.63, 3.8) is 0 Å². The van der Waals surface area contributed by atoms with E-state index >= 15 is 0 Å². The summed E-state index contributed by atoms with van der Waals surface area (Å²) < 4.78 is 29.8. The van der Waals surface area contributed by atoms with Crippen LogP contribution in [0.15, 0.2) is 54.6 Å². The average Bonchev–Trinajstić information content (AvgIpc) is 3.43. The number of hydrogen-bond donors (Lipinski definition) is 3. The number of anilines is 1. The third-order valence-electron chi connectivity index (χ3n) is 6.55. The molecule has 5 rings (SSSR count). The summed E-state index contributed by atoms with van der Waals surface area (Å²) in [5, 5.41) is 6.74. The average molecular weight is 481 g/mol. The molecule has 0 saturated heterocycles. The van der Waals surface area contributed by atoms with E-state index in [4.69, 9.17) is 0 Å². The minimum atomic E-state index is -3.60. The number of fused-ring (bicyclic) bond motifs is 3. The highest BCUT2D eigenvalue weighted by Gasteiger charge is 2.29. The molecule has 1 aromatic heterocycles. The molecule has 1 aliphatic carbocycles. The van der Waals surface area contributed by atoms with Crippen LogP contribution >= 0.6 is 0 Å². The molecule has 3 N–H and O–H groups in total. The molecule has 0 bridgehead atoms. The van der Waals surface area contributed by atoms with Crippen LogP contribution < -0.4 is 15.4 Å². The van der Waals surface area contributed by atoms with Gasteiger partial charge in [0, 0.05) is 35.6 Å². The van der Waals surface area contributed by atoms with E-state index in [2.05, 4.69) is 15.4 Å². The van der Waals surface area contributed by atoms with E-state index < -0.39 is 10.0 Å². The van der Waals surface area contributed by atoms with Gasteiger partial charge in [0.2, 0.25) is 15.9 Å². The number of carbonyl (C=O) groups excluding carboxylic acids is 2. The zero-order chi connectivity index (χ0) is 23.7. The first-order chi connectivity index (χ1) is 16.4. The fourth-order valence-electron chi connectivity index (χ4n) is 5.00. The summed E-state index contributed by atoms with van der Waals surface area (Å²) in [5.74, 6) is -0.334. The molecule has 1 fully saturated rings. The highest BCUT2D eigenvalue weighted by molar-refractivity contribution is 7.91. The van der Waals surface area contributed by atoms with Gasteiger partial charge in [-0.15, -0.1) is 0 Å². The molecule has 2 heterocycles. The lowest BCUT2D eigenvalue weighted by atomic mass is 10.1. The van der Waals surface area contributed by atoms with Gasteiger partial charge in [0.25, 0.3) is 5.91 Å². The SMILES string of the molecule is O=C(CC1CNC(=O)c2cc3cc(NS(=O)(=O)Cc4ccccc4)ccc3n21)NC1CCCC1. The molecule has 9 heteroatoms. The highest BCUT2D eigenvalue weighted by atomic mass is 32.2. The maximum atomic E-state index is 12.7. The molecule has 8 nitrogen and oxygen atoms in total. The largest absolute Gasteiger partial charge is 0.353 e. The number of carbonyl (C=O) groups is 2. The number of rotatable bonds is 7. The van der Waals surface area contributed by atoms with E-state index in [-0.39, 0.29) is 36.1 Å². The van der Waals surface area contributed by atoms with Crippen LogP contribution in [0.4, 0.5) is 5.69 Å². The smallest absolute Gasteiger partial charge is 0.268 e. The van der Waals surface area contributed by atoms with Gasteiger partial charge in [-0.2, -0.15) is 0 Å². The second-order valence-electron chi connectivity index (χ2n) is 9.14. The molecular formula is C25H28N4O4S. The molecule has 1 atom stereocenters. The Kier molecular flexibility index (Phi) is 6.03. The van der Waals surface area contributed by atoms with Crippen molar-refractivity contribution in [3.8, 4) is 0 Å². The Bertz CT molecular complexity index is 1330. The summed E-state index contributed by atoms with van der Waals surface area (Å²) in [6.45, 7) is 0.374. The fourth-order valence-corrected chi connectivity index (χ4v) is 6.19. The number of nitrogens with zero attached hydrogens (tertiary/aromatic N) is 1. The van der Waals surface area contributed by atoms with Crippen LogP contribution in [0, 0.1) is 0 Å². The van der Waals surface area contributed by atoms with Crippen molar-refractivity contribution in [1.82, 2.24) is 15.2 Å². The van der Waals surface area contributed by atoms with Gasteiger partial charge in [-0.3, -0.25) is 14.3 Å². The van der Waals surface area contributed by atoms with Crippen LogP contribution in [0.3, 0.4) is 0 Å². The lowest BCUT2D eigenvalue weighted by Crippen LogP contribution is -2.42. The Morgan fingerprint density at radius 3 is 2.59 bits per heavy atom. The summed E-state index contributed by atoms with van der Waals surface area (Å²) in [5.41, 5.74) is 2.41. The first kappa shape index (κ1) is 22.5. The predicted octanol–water partition coefficient (Wildman–Crippen LogP) is 3.32. The maximum Gasteiger partial charge on any atom is 0.268 e. The van der Waals surface area contributed by atoms with Crippen molar-refractivity contribution < 1.29 is 18.0 Å². The molecule has 1 unspecified atom stereocenters. The molecule has 34 heavy (non-hydrogen) atoms. The van der Waals surface area contributed by atoms with Gasteiger partial charge in [-0.05, 0) is 42.7 Å². The Balaban J connectivity index is 1.37. The second kappa shape index (κ2) is 9.13.